The first kappa shape index (κ1) is 13.8. The maximum absolute atomic E-state index is 12.5. The second-order valence-corrected chi connectivity index (χ2v) is 5.38. The fourth-order valence-electron chi connectivity index (χ4n) is 2.91. The van der Waals surface area contributed by atoms with Crippen LogP contribution in [-0.2, 0) is 14.3 Å². The molecule has 2 atom stereocenters. The number of carbonyl (C=O) groups is 2. The monoisotopic (exact) mass is 266 g/mol. The highest BCUT2D eigenvalue weighted by Gasteiger charge is 2.46. The zero-order valence-corrected chi connectivity index (χ0v) is 11.0. The van der Waals surface area contributed by atoms with Crippen LogP contribution in [0.25, 0.3) is 0 Å². The van der Waals surface area contributed by atoms with Crippen LogP contribution in [0.3, 0.4) is 0 Å². The van der Waals surface area contributed by atoms with Crippen LogP contribution < -0.4 is 0 Å². The van der Waals surface area contributed by atoms with Crippen molar-refractivity contribution in [1.29, 1.82) is 5.26 Å². The number of carbonyl (C=O) groups excluding carboxylic acids is 1. The Kier molecular flexibility index (Phi) is 3.76. The number of carboxylic acid groups (broad SMARTS) is 1. The first-order chi connectivity index (χ1) is 8.98. The second-order valence-electron chi connectivity index (χ2n) is 5.38. The van der Waals surface area contributed by atoms with Gasteiger partial charge in [0.2, 0.25) is 5.91 Å². The van der Waals surface area contributed by atoms with Crippen LogP contribution in [0.15, 0.2) is 0 Å². The molecule has 0 spiro atoms. The van der Waals surface area contributed by atoms with Gasteiger partial charge >= 0.3 is 5.97 Å². The van der Waals surface area contributed by atoms with Crippen molar-refractivity contribution in [3.63, 3.8) is 0 Å². The van der Waals surface area contributed by atoms with E-state index in [9.17, 15) is 14.9 Å². The number of rotatable bonds is 2. The summed E-state index contributed by atoms with van der Waals surface area (Å²) >= 11 is 0. The van der Waals surface area contributed by atoms with Crippen LogP contribution in [0.1, 0.15) is 32.6 Å². The largest absolute Gasteiger partial charge is 0.479 e. The quantitative estimate of drug-likeness (QED) is 0.797. The smallest absolute Gasteiger partial charge is 0.334 e. The van der Waals surface area contributed by atoms with E-state index in [2.05, 4.69) is 6.07 Å². The lowest BCUT2D eigenvalue weighted by Gasteiger charge is -2.38. The number of morpholine rings is 1. The molecule has 0 aromatic heterocycles. The van der Waals surface area contributed by atoms with Crippen molar-refractivity contribution in [3.8, 4) is 6.07 Å². The van der Waals surface area contributed by atoms with Gasteiger partial charge in [0, 0.05) is 6.54 Å². The highest BCUT2D eigenvalue weighted by molar-refractivity contribution is 5.86. The van der Waals surface area contributed by atoms with Gasteiger partial charge in [-0.05, 0) is 19.8 Å². The topological polar surface area (TPSA) is 90.6 Å². The highest BCUT2D eigenvalue weighted by atomic mass is 16.5. The van der Waals surface area contributed by atoms with E-state index in [0.717, 1.165) is 12.8 Å². The van der Waals surface area contributed by atoms with Crippen molar-refractivity contribution >= 4 is 11.9 Å². The zero-order chi connectivity index (χ0) is 14.0. The lowest BCUT2D eigenvalue weighted by atomic mass is 9.86. The molecular weight excluding hydrogens is 248 g/mol. The molecule has 0 radical (unpaired) electrons. The molecule has 6 nitrogen and oxygen atoms in total. The molecule has 1 amide bonds. The first-order valence-electron chi connectivity index (χ1n) is 6.57. The van der Waals surface area contributed by atoms with Gasteiger partial charge in [-0.25, -0.2) is 4.79 Å². The lowest BCUT2D eigenvalue weighted by Crippen LogP contribution is -2.55. The van der Waals surface area contributed by atoms with Crippen LogP contribution >= 0.6 is 0 Å². The Morgan fingerprint density at radius 2 is 2.00 bits per heavy atom. The van der Waals surface area contributed by atoms with Crippen LogP contribution in [-0.4, -0.2) is 47.2 Å². The number of ether oxygens (including phenoxy) is 1. The first-order valence-corrected chi connectivity index (χ1v) is 6.57. The van der Waals surface area contributed by atoms with E-state index in [0.29, 0.717) is 19.4 Å². The maximum atomic E-state index is 12.5. The molecule has 2 rings (SSSR count). The van der Waals surface area contributed by atoms with Gasteiger partial charge in [0.05, 0.1) is 18.7 Å². The van der Waals surface area contributed by atoms with Crippen molar-refractivity contribution in [2.75, 3.05) is 13.1 Å². The minimum atomic E-state index is -1.07. The van der Waals surface area contributed by atoms with Crippen molar-refractivity contribution in [2.24, 2.45) is 5.41 Å². The molecule has 19 heavy (non-hydrogen) atoms. The third kappa shape index (κ3) is 2.56. The molecule has 0 aromatic rings. The molecule has 6 heteroatoms. The van der Waals surface area contributed by atoms with E-state index in [-0.39, 0.29) is 18.6 Å². The van der Waals surface area contributed by atoms with Gasteiger partial charge in [-0.15, -0.1) is 0 Å². The van der Waals surface area contributed by atoms with Gasteiger partial charge in [-0.2, -0.15) is 5.26 Å². The molecule has 1 heterocycles. The molecule has 2 fully saturated rings. The lowest BCUT2D eigenvalue weighted by molar-refractivity contribution is -0.169. The van der Waals surface area contributed by atoms with Gasteiger partial charge in [0.25, 0.3) is 0 Å². The molecule has 1 aliphatic heterocycles. The Labute approximate surface area is 111 Å². The number of hydrogen-bond donors (Lipinski definition) is 1. The zero-order valence-electron chi connectivity index (χ0n) is 11.0. The Balaban J connectivity index is 2.14. The molecule has 1 N–H and O–H groups in total. The molecule has 1 unspecified atom stereocenters. The molecular formula is C13H18N2O4. The van der Waals surface area contributed by atoms with E-state index in [1.807, 2.05) is 0 Å². The summed E-state index contributed by atoms with van der Waals surface area (Å²) in [6.45, 7) is 2.12. The van der Waals surface area contributed by atoms with Crippen LogP contribution in [0.2, 0.25) is 0 Å². The Morgan fingerprint density at radius 1 is 1.37 bits per heavy atom. The predicted molar refractivity (Wildman–Crippen MR) is 65.1 cm³/mol. The van der Waals surface area contributed by atoms with E-state index in [1.54, 1.807) is 6.92 Å². The minimum Gasteiger partial charge on any atom is -0.479 e. The molecule has 1 saturated carbocycles. The number of nitrogens with zero attached hydrogens (tertiary/aromatic N) is 2. The summed E-state index contributed by atoms with van der Waals surface area (Å²) in [5.41, 5.74) is -0.944. The second kappa shape index (κ2) is 5.17. The SMILES string of the molecule is C[C@@H]1CN(C(=O)C2(C#N)CCCC2)CC(C(=O)O)O1. The molecule has 1 saturated heterocycles. The van der Waals surface area contributed by atoms with Crippen LogP contribution in [0, 0.1) is 16.7 Å². The number of aliphatic carboxylic acids is 1. The van der Waals surface area contributed by atoms with Crippen molar-refractivity contribution in [1.82, 2.24) is 4.90 Å². The molecule has 1 aliphatic carbocycles. The summed E-state index contributed by atoms with van der Waals surface area (Å²) in [7, 11) is 0. The van der Waals surface area contributed by atoms with Gasteiger partial charge in [-0.1, -0.05) is 12.8 Å². The van der Waals surface area contributed by atoms with Gasteiger partial charge in [0.1, 0.15) is 5.41 Å². The number of nitriles is 1. The third-order valence-corrected chi connectivity index (χ3v) is 3.90. The Bertz CT molecular complexity index is 423. The van der Waals surface area contributed by atoms with Crippen molar-refractivity contribution < 1.29 is 19.4 Å². The third-order valence-electron chi connectivity index (χ3n) is 3.90. The minimum absolute atomic E-state index is 0.0297. The average molecular weight is 266 g/mol. The van der Waals surface area contributed by atoms with Gasteiger partial charge in [0.15, 0.2) is 6.10 Å². The van der Waals surface area contributed by atoms with Crippen LogP contribution in [0.5, 0.6) is 0 Å². The van der Waals surface area contributed by atoms with Gasteiger partial charge in [-0.3, -0.25) is 4.79 Å². The molecule has 0 bridgehead atoms. The Hall–Kier alpha value is -1.61. The van der Waals surface area contributed by atoms with Crippen molar-refractivity contribution in [2.45, 2.75) is 44.8 Å². The summed E-state index contributed by atoms with van der Waals surface area (Å²) in [5.74, 6) is -1.30. The number of amides is 1. The highest BCUT2D eigenvalue weighted by Crippen LogP contribution is 2.39. The summed E-state index contributed by atoms with van der Waals surface area (Å²) in [6.07, 6.45) is 1.58. The summed E-state index contributed by atoms with van der Waals surface area (Å²) < 4.78 is 5.28. The normalized spacial score (nSPS) is 29.8. The molecule has 104 valence electrons. The predicted octanol–water partition coefficient (Wildman–Crippen LogP) is 0.771. The number of hydrogen-bond acceptors (Lipinski definition) is 4. The fourth-order valence-corrected chi connectivity index (χ4v) is 2.91. The van der Waals surface area contributed by atoms with E-state index in [4.69, 9.17) is 9.84 Å². The molecule has 2 aliphatic rings. The van der Waals surface area contributed by atoms with E-state index in [1.165, 1.54) is 4.90 Å². The van der Waals surface area contributed by atoms with E-state index < -0.39 is 17.5 Å². The average Bonchev–Trinajstić information content (AvgIpc) is 2.87. The fraction of sp³-hybridized carbons (Fsp3) is 0.769. The summed E-state index contributed by atoms with van der Waals surface area (Å²) in [4.78, 5) is 25.0. The number of carboxylic acids is 1. The Morgan fingerprint density at radius 3 is 2.53 bits per heavy atom. The standard InChI is InChI=1S/C13H18N2O4/c1-9-6-15(7-10(19-9)11(16)17)12(18)13(8-14)4-2-3-5-13/h9-10H,2-7H2,1H3,(H,16,17)/t9-,10?/m1/s1. The van der Waals surface area contributed by atoms with E-state index >= 15 is 0 Å². The van der Waals surface area contributed by atoms with Gasteiger partial charge < -0.3 is 14.7 Å². The van der Waals surface area contributed by atoms with Crippen LogP contribution in [0.4, 0.5) is 0 Å². The summed E-state index contributed by atoms with van der Waals surface area (Å²) in [5, 5.41) is 18.3. The van der Waals surface area contributed by atoms with Crippen molar-refractivity contribution in [3.05, 3.63) is 0 Å². The molecule has 0 aromatic carbocycles. The summed E-state index contributed by atoms with van der Waals surface area (Å²) in [6, 6.07) is 2.15. The maximum Gasteiger partial charge on any atom is 0.334 e.